The van der Waals surface area contributed by atoms with Crippen LogP contribution in [-0.2, 0) is 4.79 Å². The number of para-hydroxylation sites is 1. The van der Waals surface area contributed by atoms with Crippen molar-refractivity contribution >= 4 is 16.7 Å². The fourth-order valence-electron chi connectivity index (χ4n) is 2.42. The molecule has 3 aromatic rings. The number of hydrogen-bond donors (Lipinski definition) is 0. The molecule has 0 aliphatic heterocycles. The van der Waals surface area contributed by atoms with Crippen LogP contribution in [0.1, 0.15) is 12.6 Å². The summed E-state index contributed by atoms with van der Waals surface area (Å²) in [4.78, 5) is 28.6. The molecule has 2 aromatic heterocycles. The van der Waals surface area contributed by atoms with Gasteiger partial charge >= 0.3 is 5.97 Å². The Morgan fingerprint density at radius 2 is 1.88 bits per heavy atom. The molecule has 24 heavy (non-hydrogen) atoms. The molecule has 0 atom stereocenters. The summed E-state index contributed by atoms with van der Waals surface area (Å²) in [6.07, 6.45) is 0. The molecule has 0 saturated carbocycles. The van der Waals surface area contributed by atoms with Gasteiger partial charge < -0.3 is 9.47 Å². The molecule has 7 heteroatoms. The van der Waals surface area contributed by atoms with E-state index in [-0.39, 0.29) is 17.1 Å². The summed E-state index contributed by atoms with van der Waals surface area (Å²) in [5.74, 6) is -0.337. The number of carbonyl (C=O) groups excluding carboxylic acids is 1. The van der Waals surface area contributed by atoms with Crippen LogP contribution in [0.3, 0.4) is 0 Å². The molecule has 2 heterocycles. The first kappa shape index (κ1) is 15.7. The molecule has 0 spiro atoms. The third kappa shape index (κ3) is 2.71. The predicted octanol–water partition coefficient (Wildman–Crippen LogP) is 2.02. The van der Waals surface area contributed by atoms with Gasteiger partial charge in [-0.2, -0.15) is 4.68 Å². The minimum absolute atomic E-state index is 0.0322. The lowest BCUT2D eigenvalue weighted by Crippen LogP contribution is -2.23. The molecule has 0 aliphatic carbocycles. The normalized spacial score (nSPS) is 10.6. The maximum Gasteiger partial charge on any atom is 0.309 e. The van der Waals surface area contributed by atoms with Crippen LogP contribution in [0.25, 0.3) is 16.5 Å². The summed E-state index contributed by atoms with van der Waals surface area (Å²) in [6.45, 7) is 3.03. The summed E-state index contributed by atoms with van der Waals surface area (Å²) < 4.78 is 11.6. The van der Waals surface area contributed by atoms with Crippen molar-refractivity contribution in [1.29, 1.82) is 0 Å². The first-order valence-electron chi connectivity index (χ1n) is 7.23. The van der Waals surface area contributed by atoms with E-state index in [0.29, 0.717) is 16.8 Å². The molecule has 1 aromatic carbocycles. The number of ether oxygens (including phenoxy) is 2. The molecule has 0 N–H and O–H groups in total. The third-order valence-electron chi connectivity index (χ3n) is 3.38. The van der Waals surface area contributed by atoms with Crippen molar-refractivity contribution in [3.05, 3.63) is 52.4 Å². The van der Waals surface area contributed by atoms with Gasteiger partial charge in [0.2, 0.25) is 11.8 Å². The number of esters is 1. The Labute approximate surface area is 137 Å². The van der Waals surface area contributed by atoms with E-state index >= 15 is 0 Å². The standard InChI is InChI=1S/C17H15N3O4/c1-10-9-13-14(16(18-10)23-3)17(22)20(12-7-5-4-6-8-12)19-15(13)24-11(2)21/h4-9H,1-3H3. The maximum absolute atomic E-state index is 12.9. The van der Waals surface area contributed by atoms with E-state index in [9.17, 15) is 9.59 Å². The van der Waals surface area contributed by atoms with Crippen LogP contribution in [0.15, 0.2) is 41.2 Å². The predicted molar refractivity (Wildman–Crippen MR) is 87.7 cm³/mol. The average Bonchev–Trinajstić information content (AvgIpc) is 2.56. The van der Waals surface area contributed by atoms with Gasteiger partial charge in [0.05, 0.1) is 18.2 Å². The van der Waals surface area contributed by atoms with Crippen LogP contribution >= 0.6 is 0 Å². The van der Waals surface area contributed by atoms with Gasteiger partial charge in [0.1, 0.15) is 5.39 Å². The Morgan fingerprint density at radius 1 is 1.17 bits per heavy atom. The van der Waals surface area contributed by atoms with E-state index in [1.165, 1.54) is 18.7 Å². The van der Waals surface area contributed by atoms with Crippen molar-refractivity contribution in [2.75, 3.05) is 7.11 Å². The smallest absolute Gasteiger partial charge is 0.309 e. The van der Waals surface area contributed by atoms with Crippen LogP contribution in [0.2, 0.25) is 0 Å². The molecular formula is C17H15N3O4. The quantitative estimate of drug-likeness (QED) is 0.685. The van der Waals surface area contributed by atoms with Crippen LogP contribution in [-0.4, -0.2) is 27.8 Å². The minimum Gasteiger partial charge on any atom is -0.480 e. The van der Waals surface area contributed by atoms with E-state index in [0.717, 1.165) is 0 Å². The van der Waals surface area contributed by atoms with E-state index < -0.39 is 11.5 Å². The van der Waals surface area contributed by atoms with Crippen LogP contribution in [0.4, 0.5) is 0 Å². The van der Waals surface area contributed by atoms with Gasteiger partial charge in [-0.05, 0) is 25.1 Å². The van der Waals surface area contributed by atoms with E-state index in [1.54, 1.807) is 37.3 Å². The monoisotopic (exact) mass is 325 g/mol. The van der Waals surface area contributed by atoms with Gasteiger partial charge in [-0.1, -0.05) is 18.2 Å². The largest absolute Gasteiger partial charge is 0.480 e. The highest BCUT2D eigenvalue weighted by molar-refractivity contribution is 5.91. The SMILES string of the molecule is COc1nc(C)cc2c(OC(C)=O)nn(-c3ccccc3)c(=O)c12. The highest BCUT2D eigenvalue weighted by atomic mass is 16.5. The molecule has 3 rings (SSSR count). The number of aryl methyl sites for hydroxylation is 1. The molecule has 0 bridgehead atoms. The average molecular weight is 325 g/mol. The summed E-state index contributed by atoms with van der Waals surface area (Å²) in [6, 6.07) is 10.5. The molecular weight excluding hydrogens is 310 g/mol. The summed E-state index contributed by atoms with van der Waals surface area (Å²) >= 11 is 0. The summed E-state index contributed by atoms with van der Waals surface area (Å²) in [5, 5.41) is 4.79. The highest BCUT2D eigenvalue weighted by Crippen LogP contribution is 2.28. The molecule has 0 fully saturated rings. The Morgan fingerprint density at radius 3 is 2.50 bits per heavy atom. The number of carbonyl (C=O) groups is 1. The van der Waals surface area contributed by atoms with Crippen molar-refractivity contribution < 1.29 is 14.3 Å². The Hall–Kier alpha value is -3.22. The number of nitrogens with zero attached hydrogens (tertiary/aromatic N) is 3. The summed E-state index contributed by atoms with van der Waals surface area (Å²) in [5.41, 5.74) is 0.753. The fourth-order valence-corrected chi connectivity index (χ4v) is 2.42. The first-order valence-corrected chi connectivity index (χ1v) is 7.23. The second-order valence-electron chi connectivity index (χ2n) is 5.15. The number of methoxy groups -OCH3 is 1. The van der Waals surface area contributed by atoms with Crippen molar-refractivity contribution in [3.63, 3.8) is 0 Å². The minimum atomic E-state index is -0.532. The lowest BCUT2D eigenvalue weighted by Gasteiger charge is -2.12. The molecule has 0 saturated heterocycles. The molecule has 0 amide bonds. The maximum atomic E-state index is 12.9. The number of pyridine rings is 1. The lowest BCUT2D eigenvalue weighted by atomic mass is 10.2. The van der Waals surface area contributed by atoms with Gasteiger partial charge in [-0.25, -0.2) is 4.98 Å². The number of hydrogen-bond acceptors (Lipinski definition) is 6. The number of fused-ring (bicyclic) bond motifs is 1. The van der Waals surface area contributed by atoms with Crippen molar-refractivity contribution in [2.24, 2.45) is 0 Å². The first-order chi connectivity index (χ1) is 11.5. The number of rotatable bonds is 3. The van der Waals surface area contributed by atoms with Gasteiger partial charge in [-0.3, -0.25) is 9.59 Å². The van der Waals surface area contributed by atoms with E-state index in [4.69, 9.17) is 9.47 Å². The van der Waals surface area contributed by atoms with Crippen LogP contribution < -0.4 is 15.0 Å². The lowest BCUT2D eigenvalue weighted by molar-refractivity contribution is -0.132. The molecule has 0 radical (unpaired) electrons. The van der Waals surface area contributed by atoms with E-state index in [2.05, 4.69) is 10.1 Å². The zero-order chi connectivity index (χ0) is 17.3. The van der Waals surface area contributed by atoms with E-state index in [1.807, 2.05) is 6.07 Å². The van der Waals surface area contributed by atoms with Crippen molar-refractivity contribution in [1.82, 2.24) is 14.8 Å². The topological polar surface area (TPSA) is 83.3 Å². The highest BCUT2D eigenvalue weighted by Gasteiger charge is 2.19. The Bertz CT molecular complexity index is 981. The van der Waals surface area contributed by atoms with Crippen LogP contribution in [0, 0.1) is 6.92 Å². The van der Waals surface area contributed by atoms with Gasteiger partial charge in [0.25, 0.3) is 5.56 Å². The second kappa shape index (κ2) is 6.11. The summed E-state index contributed by atoms with van der Waals surface area (Å²) in [7, 11) is 1.43. The molecule has 7 nitrogen and oxygen atoms in total. The molecule has 122 valence electrons. The van der Waals surface area contributed by atoms with Crippen LogP contribution in [0.5, 0.6) is 11.8 Å². The van der Waals surface area contributed by atoms with Crippen molar-refractivity contribution in [3.8, 4) is 17.4 Å². The Kier molecular flexibility index (Phi) is 3.99. The van der Waals surface area contributed by atoms with Crippen molar-refractivity contribution in [2.45, 2.75) is 13.8 Å². The third-order valence-corrected chi connectivity index (χ3v) is 3.38. The zero-order valence-corrected chi connectivity index (χ0v) is 13.4. The van der Waals surface area contributed by atoms with Gasteiger partial charge in [0, 0.05) is 12.6 Å². The van der Waals surface area contributed by atoms with Gasteiger partial charge in [0.15, 0.2) is 0 Å². The van der Waals surface area contributed by atoms with Gasteiger partial charge in [-0.15, -0.1) is 5.10 Å². The second-order valence-corrected chi connectivity index (χ2v) is 5.15. The zero-order valence-electron chi connectivity index (χ0n) is 13.4. The number of aromatic nitrogens is 3. The number of benzene rings is 1. The molecule has 0 unspecified atom stereocenters. The molecule has 0 aliphatic rings. The Balaban J connectivity index is 2.43. The fraction of sp³-hybridized carbons (Fsp3) is 0.176.